The van der Waals surface area contributed by atoms with Gasteiger partial charge in [0.2, 0.25) is 5.91 Å². The highest BCUT2D eigenvalue weighted by Crippen LogP contribution is 2.35. The largest absolute Gasteiger partial charge is 0.507 e. The van der Waals surface area contributed by atoms with Crippen LogP contribution in [0.25, 0.3) is 22.2 Å². The first-order valence-corrected chi connectivity index (χ1v) is 8.41. The van der Waals surface area contributed by atoms with E-state index in [0.717, 1.165) is 10.9 Å². The number of fused-ring (bicyclic) bond motifs is 1. The molecule has 25 heavy (non-hydrogen) atoms. The zero-order valence-electron chi connectivity index (χ0n) is 13.6. The van der Waals surface area contributed by atoms with Gasteiger partial charge in [-0.3, -0.25) is 4.79 Å². The molecule has 2 aromatic carbocycles. The maximum Gasteiger partial charge on any atom is 0.219 e. The van der Waals surface area contributed by atoms with E-state index in [0.29, 0.717) is 34.9 Å². The smallest absolute Gasteiger partial charge is 0.219 e. The standard InChI is InChI=1S/C19H16ClN3O2/c1-11(24)23-9-13(10-23)15-6-12-7-18(14-4-2-3-5-19(14)25)22-21-17(12)8-16(15)20/h2-8,13,25H,9-10H2,1H3. The third-order valence-corrected chi connectivity index (χ3v) is 4.98. The number of benzene rings is 2. The van der Waals surface area contributed by atoms with Crippen molar-refractivity contribution < 1.29 is 9.90 Å². The highest BCUT2D eigenvalue weighted by Gasteiger charge is 2.31. The quantitative estimate of drug-likeness (QED) is 0.764. The molecule has 0 bridgehead atoms. The average molecular weight is 354 g/mol. The van der Waals surface area contributed by atoms with Crippen LogP contribution in [0.2, 0.25) is 5.02 Å². The Morgan fingerprint density at radius 2 is 1.96 bits per heavy atom. The summed E-state index contributed by atoms with van der Waals surface area (Å²) in [5.41, 5.74) is 2.97. The number of phenolic OH excluding ortho intramolecular Hbond substituents is 1. The summed E-state index contributed by atoms with van der Waals surface area (Å²) in [7, 11) is 0. The fourth-order valence-electron chi connectivity index (χ4n) is 3.15. The Hall–Kier alpha value is -2.66. The average Bonchev–Trinajstić information content (AvgIpc) is 2.54. The zero-order valence-corrected chi connectivity index (χ0v) is 14.4. The lowest BCUT2D eigenvalue weighted by molar-refractivity contribution is -0.133. The first-order chi connectivity index (χ1) is 12.0. The van der Waals surface area contributed by atoms with Crippen LogP contribution in [0, 0.1) is 0 Å². The molecule has 0 spiro atoms. The number of amides is 1. The van der Waals surface area contributed by atoms with Gasteiger partial charge in [0.05, 0.1) is 11.2 Å². The molecular formula is C19H16ClN3O2. The third kappa shape index (κ3) is 2.81. The second-order valence-electron chi connectivity index (χ2n) is 6.30. The van der Waals surface area contributed by atoms with Gasteiger partial charge in [-0.05, 0) is 35.9 Å². The molecule has 0 unspecified atom stereocenters. The minimum absolute atomic E-state index is 0.0841. The lowest BCUT2D eigenvalue weighted by Crippen LogP contribution is -2.47. The van der Waals surface area contributed by atoms with Crippen LogP contribution in [0.3, 0.4) is 0 Å². The molecule has 1 aliphatic rings. The van der Waals surface area contributed by atoms with Gasteiger partial charge < -0.3 is 10.0 Å². The minimum atomic E-state index is 0.0841. The van der Waals surface area contributed by atoms with E-state index in [1.165, 1.54) is 0 Å². The molecule has 1 fully saturated rings. The summed E-state index contributed by atoms with van der Waals surface area (Å²) >= 11 is 6.41. The summed E-state index contributed by atoms with van der Waals surface area (Å²) in [5.74, 6) is 0.491. The van der Waals surface area contributed by atoms with Gasteiger partial charge in [0.1, 0.15) is 5.75 Å². The Kier molecular flexibility index (Phi) is 3.81. The summed E-state index contributed by atoms with van der Waals surface area (Å²) in [5, 5.41) is 20.0. The fourth-order valence-corrected chi connectivity index (χ4v) is 3.46. The van der Waals surface area contributed by atoms with Crippen molar-refractivity contribution in [1.82, 2.24) is 15.1 Å². The number of rotatable bonds is 2. The Morgan fingerprint density at radius 1 is 1.20 bits per heavy atom. The van der Waals surface area contributed by atoms with E-state index in [-0.39, 0.29) is 17.6 Å². The summed E-state index contributed by atoms with van der Waals surface area (Å²) in [6, 6.07) is 12.8. The Bertz CT molecular complexity index is 984. The Balaban J connectivity index is 1.74. The molecule has 4 rings (SSSR count). The second-order valence-corrected chi connectivity index (χ2v) is 6.71. The maximum atomic E-state index is 11.4. The minimum Gasteiger partial charge on any atom is -0.507 e. The molecule has 1 amide bonds. The van der Waals surface area contributed by atoms with Gasteiger partial charge in [0.15, 0.2) is 0 Å². The van der Waals surface area contributed by atoms with Crippen molar-refractivity contribution in [2.24, 2.45) is 0 Å². The molecule has 0 aliphatic carbocycles. The second kappa shape index (κ2) is 6.01. The van der Waals surface area contributed by atoms with Crippen LogP contribution in [-0.2, 0) is 4.79 Å². The predicted octanol–water partition coefficient (Wildman–Crippen LogP) is 3.60. The molecule has 1 aromatic heterocycles. The monoisotopic (exact) mass is 353 g/mol. The van der Waals surface area contributed by atoms with Crippen molar-refractivity contribution in [3.63, 3.8) is 0 Å². The van der Waals surface area contributed by atoms with E-state index in [1.54, 1.807) is 30.0 Å². The van der Waals surface area contributed by atoms with Gasteiger partial charge in [-0.2, -0.15) is 0 Å². The molecule has 126 valence electrons. The van der Waals surface area contributed by atoms with Crippen molar-refractivity contribution in [3.8, 4) is 17.0 Å². The number of carbonyl (C=O) groups is 1. The van der Waals surface area contributed by atoms with Crippen LogP contribution in [0.5, 0.6) is 5.75 Å². The lowest BCUT2D eigenvalue weighted by Gasteiger charge is -2.39. The van der Waals surface area contributed by atoms with Crippen LogP contribution >= 0.6 is 11.6 Å². The van der Waals surface area contributed by atoms with E-state index in [2.05, 4.69) is 10.2 Å². The van der Waals surface area contributed by atoms with Crippen molar-refractivity contribution >= 4 is 28.4 Å². The summed E-state index contributed by atoms with van der Waals surface area (Å²) in [6.45, 7) is 2.95. The number of carbonyl (C=O) groups excluding carboxylic acids is 1. The molecule has 2 heterocycles. The highest BCUT2D eigenvalue weighted by molar-refractivity contribution is 6.32. The summed E-state index contributed by atoms with van der Waals surface area (Å²) in [6.07, 6.45) is 0. The molecule has 5 nitrogen and oxygen atoms in total. The van der Waals surface area contributed by atoms with E-state index in [1.807, 2.05) is 24.3 Å². The zero-order chi connectivity index (χ0) is 17.6. The normalized spacial score (nSPS) is 14.6. The first-order valence-electron chi connectivity index (χ1n) is 8.03. The van der Waals surface area contributed by atoms with Crippen LogP contribution < -0.4 is 0 Å². The molecular weight excluding hydrogens is 338 g/mol. The summed E-state index contributed by atoms with van der Waals surface area (Å²) in [4.78, 5) is 13.2. The van der Waals surface area contributed by atoms with Gasteiger partial charge in [-0.15, -0.1) is 10.2 Å². The molecule has 1 N–H and O–H groups in total. The molecule has 3 aromatic rings. The summed E-state index contributed by atoms with van der Waals surface area (Å²) < 4.78 is 0. The molecule has 1 aliphatic heterocycles. The van der Waals surface area contributed by atoms with E-state index >= 15 is 0 Å². The lowest BCUT2D eigenvalue weighted by atomic mass is 9.90. The van der Waals surface area contributed by atoms with E-state index in [4.69, 9.17) is 11.6 Å². The van der Waals surface area contributed by atoms with Gasteiger partial charge in [0, 0.05) is 41.9 Å². The molecule has 6 heteroatoms. The SMILES string of the molecule is CC(=O)N1CC(c2cc3cc(-c4ccccc4O)nnc3cc2Cl)C1. The van der Waals surface area contributed by atoms with E-state index < -0.39 is 0 Å². The number of aromatic nitrogens is 2. The van der Waals surface area contributed by atoms with Crippen molar-refractivity contribution in [1.29, 1.82) is 0 Å². The fraction of sp³-hybridized carbons (Fsp3) is 0.211. The van der Waals surface area contributed by atoms with Gasteiger partial charge >= 0.3 is 0 Å². The van der Waals surface area contributed by atoms with Crippen LogP contribution in [0.1, 0.15) is 18.4 Å². The first kappa shape index (κ1) is 15.8. The van der Waals surface area contributed by atoms with Crippen molar-refractivity contribution in [2.75, 3.05) is 13.1 Å². The van der Waals surface area contributed by atoms with Crippen molar-refractivity contribution in [2.45, 2.75) is 12.8 Å². The molecule has 0 saturated carbocycles. The van der Waals surface area contributed by atoms with E-state index in [9.17, 15) is 9.90 Å². The maximum absolute atomic E-state index is 11.4. The number of hydrogen-bond donors (Lipinski definition) is 1. The molecule has 0 radical (unpaired) electrons. The predicted molar refractivity (Wildman–Crippen MR) is 96.6 cm³/mol. The third-order valence-electron chi connectivity index (χ3n) is 4.65. The van der Waals surface area contributed by atoms with Crippen molar-refractivity contribution in [3.05, 3.63) is 53.1 Å². The molecule has 0 atom stereocenters. The number of aromatic hydroxyl groups is 1. The number of para-hydroxylation sites is 1. The number of hydrogen-bond acceptors (Lipinski definition) is 4. The number of nitrogens with zero attached hydrogens (tertiary/aromatic N) is 3. The van der Waals surface area contributed by atoms with Crippen LogP contribution in [0.4, 0.5) is 0 Å². The number of phenols is 1. The number of halogens is 1. The highest BCUT2D eigenvalue weighted by atomic mass is 35.5. The Labute approximate surface area is 149 Å². The number of likely N-dealkylation sites (tertiary alicyclic amines) is 1. The van der Waals surface area contributed by atoms with Crippen LogP contribution in [-0.4, -0.2) is 39.2 Å². The Morgan fingerprint density at radius 3 is 2.68 bits per heavy atom. The van der Waals surface area contributed by atoms with Gasteiger partial charge in [0.25, 0.3) is 0 Å². The van der Waals surface area contributed by atoms with Gasteiger partial charge in [-0.1, -0.05) is 23.7 Å². The van der Waals surface area contributed by atoms with Gasteiger partial charge in [-0.25, -0.2) is 0 Å². The van der Waals surface area contributed by atoms with Crippen LogP contribution in [0.15, 0.2) is 42.5 Å². The topological polar surface area (TPSA) is 66.3 Å². The molecule has 1 saturated heterocycles.